The number of amides is 2. The van der Waals surface area contributed by atoms with E-state index < -0.39 is 16.1 Å². The first-order valence-electron chi connectivity index (χ1n) is 12.6. The van der Waals surface area contributed by atoms with Gasteiger partial charge in [-0.3, -0.25) is 4.79 Å². The Kier molecular flexibility index (Phi) is 7.22. The smallest absolute Gasteiger partial charge is 0.407 e. The molecule has 2 amide bonds. The molecule has 38 heavy (non-hydrogen) atoms. The highest BCUT2D eigenvalue weighted by Crippen LogP contribution is 2.33. The molecule has 0 bridgehead atoms. The van der Waals surface area contributed by atoms with E-state index in [9.17, 15) is 23.1 Å². The first-order chi connectivity index (χ1) is 18.2. The molecule has 0 unspecified atom stereocenters. The van der Waals surface area contributed by atoms with Gasteiger partial charge < -0.3 is 19.5 Å². The zero-order chi connectivity index (χ0) is 26.9. The lowest BCUT2D eigenvalue weighted by Gasteiger charge is -2.40. The molecule has 1 aromatic heterocycles. The molecule has 0 aliphatic carbocycles. The van der Waals surface area contributed by atoms with Crippen molar-refractivity contribution in [2.24, 2.45) is 0 Å². The molecule has 0 radical (unpaired) electrons. The standard InChI is InChI=1S/C27H31N5O5S/c1-38(36,37)30-13-12-22(18-30)32-19-28-24(25(32)21-10-6-3-7-11-21)26(33)31-15-14-29(27(34)35)17-23(31)16-20-8-4-2-5-9-20/h2-11,19,22-23H,12-18H2,1H3,(H,34,35)/t22-,23+/m0/s1. The van der Waals surface area contributed by atoms with Crippen LogP contribution in [0.2, 0.25) is 0 Å². The third kappa shape index (κ3) is 5.30. The molecule has 1 N–H and O–H groups in total. The SMILES string of the molecule is CS(=O)(=O)N1CC[C@H](n2cnc(C(=O)N3CCN(C(=O)O)C[C@H]3Cc3ccccc3)c2-c2ccccc2)C1. The van der Waals surface area contributed by atoms with E-state index in [0.29, 0.717) is 31.6 Å². The van der Waals surface area contributed by atoms with Gasteiger partial charge >= 0.3 is 6.09 Å². The van der Waals surface area contributed by atoms with Crippen LogP contribution in [-0.4, -0.2) is 94.2 Å². The summed E-state index contributed by atoms with van der Waals surface area (Å²) >= 11 is 0. The van der Waals surface area contributed by atoms with Gasteiger partial charge in [0.25, 0.3) is 5.91 Å². The van der Waals surface area contributed by atoms with Crippen LogP contribution in [0.15, 0.2) is 67.0 Å². The van der Waals surface area contributed by atoms with Crippen molar-refractivity contribution >= 4 is 22.0 Å². The maximum absolute atomic E-state index is 14.1. The molecule has 2 saturated heterocycles. The number of rotatable bonds is 6. The summed E-state index contributed by atoms with van der Waals surface area (Å²) in [6.45, 7) is 1.42. The Morgan fingerprint density at radius 1 is 0.974 bits per heavy atom. The molecule has 2 aromatic carbocycles. The van der Waals surface area contributed by atoms with Gasteiger partial charge in [0, 0.05) is 38.3 Å². The minimum absolute atomic E-state index is 0.155. The predicted octanol–water partition coefficient (Wildman–Crippen LogP) is 2.80. The van der Waals surface area contributed by atoms with E-state index in [1.54, 1.807) is 11.2 Å². The average molecular weight is 538 g/mol. The number of sulfonamides is 1. The van der Waals surface area contributed by atoms with Gasteiger partial charge in [0.05, 0.1) is 30.4 Å². The summed E-state index contributed by atoms with van der Waals surface area (Å²) in [4.78, 5) is 33.5. The molecule has 3 aromatic rings. The van der Waals surface area contributed by atoms with Crippen molar-refractivity contribution in [3.05, 3.63) is 78.2 Å². The van der Waals surface area contributed by atoms with Crippen molar-refractivity contribution in [1.82, 2.24) is 23.7 Å². The Bertz CT molecular complexity index is 1410. The van der Waals surface area contributed by atoms with E-state index in [4.69, 9.17) is 0 Å². The van der Waals surface area contributed by atoms with Crippen molar-refractivity contribution in [3.63, 3.8) is 0 Å². The van der Waals surface area contributed by atoms with Gasteiger partial charge in [0.15, 0.2) is 5.69 Å². The first-order valence-corrected chi connectivity index (χ1v) is 14.5. The first kappa shape index (κ1) is 25.9. The highest BCUT2D eigenvalue weighted by Gasteiger charge is 2.37. The normalized spacial score (nSPS) is 20.6. The molecule has 5 rings (SSSR count). The summed E-state index contributed by atoms with van der Waals surface area (Å²) in [5.74, 6) is -0.258. The van der Waals surface area contributed by atoms with Gasteiger partial charge in [-0.25, -0.2) is 22.5 Å². The van der Waals surface area contributed by atoms with Crippen LogP contribution >= 0.6 is 0 Å². The summed E-state index contributed by atoms with van der Waals surface area (Å²) < 4.78 is 27.7. The lowest BCUT2D eigenvalue weighted by Crippen LogP contribution is -2.57. The highest BCUT2D eigenvalue weighted by atomic mass is 32.2. The van der Waals surface area contributed by atoms with Crippen LogP contribution in [0.25, 0.3) is 11.3 Å². The Balaban J connectivity index is 1.50. The van der Waals surface area contributed by atoms with Crippen LogP contribution in [0.1, 0.15) is 28.5 Å². The monoisotopic (exact) mass is 537 g/mol. The molecule has 0 saturated carbocycles. The van der Waals surface area contributed by atoms with E-state index in [1.165, 1.54) is 15.5 Å². The number of imidazole rings is 1. The number of piperazine rings is 1. The van der Waals surface area contributed by atoms with Gasteiger partial charge in [-0.15, -0.1) is 0 Å². The third-order valence-electron chi connectivity index (χ3n) is 7.36. The lowest BCUT2D eigenvalue weighted by atomic mass is 10.0. The molecule has 2 atom stereocenters. The number of benzene rings is 2. The zero-order valence-electron chi connectivity index (χ0n) is 21.2. The average Bonchev–Trinajstić information content (AvgIpc) is 3.57. The van der Waals surface area contributed by atoms with Crippen LogP contribution in [0.5, 0.6) is 0 Å². The van der Waals surface area contributed by atoms with E-state index in [-0.39, 0.29) is 43.3 Å². The topological polar surface area (TPSA) is 116 Å². The van der Waals surface area contributed by atoms with Crippen molar-refractivity contribution in [2.75, 3.05) is 39.0 Å². The Hall–Kier alpha value is -3.70. The molecule has 2 aliphatic rings. The van der Waals surface area contributed by atoms with Crippen LogP contribution in [-0.2, 0) is 16.4 Å². The van der Waals surface area contributed by atoms with Gasteiger partial charge in [0.1, 0.15) is 0 Å². The lowest BCUT2D eigenvalue weighted by molar-refractivity contribution is 0.0447. The summed E-state index contributed by atoms with van der Waals surface area (Å²) in [5.41, 5.74) is 2.77. The Labute approximate surface area is 222 Å². The van der Waals surface area contributed by atoms with E-state index in [1.807, 2.05) is 65.2 Å². The van der Waals surface area contributed by atoms with Crippen molar-refractivity contribution in [2.45, 2.75) is 24.9 Å². The quantitative estimate of drug-likeness (QED) is 0.517. The number of carbonyl (C=O) groups is 2. The highest BCUT2D eigenvalue weighted by molar-refractivity contribution is 7.88. The molecule has 2 aliphatic heterocycles. The van der Waals surface area contributed by atoms with Crippen LogP contribution in [0, 0.1) is 0 Å². The number of hydrogen-bond donors (Lipinski definition) is 1. The largest absolute Gasteiger partial charge is 0.465 e. The Morgan fingerprint density at radius 2 is 1.66 bits per heavy atom. The van der Waals surface area contributed by atoms with Crippen LogP contribution in [0.4, 0.5) is 4.79 Å². The van der Waals surface area contributed by atoms with Gasteiger partial charge in [-0.05, 0) is 18.4 Å². The third-order valence-corrected chi connectivity index (χ3v) is 8.63. The van der Waals surface area contributed by atoms with Crippen molar-refractivity contribution in [3.8, 4) is 11.3 Å². The molecule has 2 fully saturated rings. The van der Waals surface area contributed by atoms with Crippen LogP contribution < -0.4 is 0 Å². The second kappa shape index (κ2) is 10.6. The molecule has 200 valence electrons. The zero-order valence-corrected chi connectivity index (χ0v) is 22.0. The van der Waals surface area contributed by atoms with Crippen LogP contribution in [0.3, 0.4) is 0 Å². The molecule has 3 heterocycles. The summed E-state index contributed by atoms with van der Waals surface area (Å²) in [7, 11) is -3.33. The van der Waals surface area contributed by atoms with Gasteiger partial charge in [-0.2, -0.15) is 0 Å². The number of hydrogen-bond acceptors (Lipinski definition) is 5. The predicted molar refractivity (Wildman–Crippen MR) is 142 cm³/mol. The number of carbonyl (C=O) groups excluding carboxylic acids is 1. The fourth-order valence-corrected chi connectivity index (χ4v) is 6.29. The fourth-order valence-electron chi connectivity index (χ4n) is 5.41. The maximum atomic E-state index is 14.1. The summed E-state index contributed by atoms with van der Waals surface area (Å²) in [6, 6.07) is 18.7. The Morgan fingerprint density at radius 3 is 2.29 bits per heavy atom. The summed E-state index contributed by atoms with van der Waals surface area (Å²) in [6.07, 6.45) is 2.97. The molecule has 0 spiro atoms. The second-order valence-corrected chi connectivity index (χ2v) is 11.8. The number of carboxylic acid groups (broad SMARTS) is 1. The molecule has 10 nitrogen and oxygen atoms in total. The van der Waals surface area contributed by atoms with Gasteiger partial charge in [-0.1, -0.05) is 60.7 Å². The van der Waals surface area contributed by atoms with Gasteiger partial charge in [0.2, 0.25) is 10.0 Å². The number of aromatic nitrogens is 2. The number of nitrogens with zero attached hydrogens (tertiary/aromatic N) is 5. The maximum Gasteiger partial charge on any atom is 0.407 e. The van der Waals surface area contributed by atoms with E-state index in [2.05, 4.69) is 4.98 Å². The van der Waals surface area contributed by atoms with E-state index >= 15 is 0 Å². The van der Waals surface area contributed by atoms with Crippen molar-refractivity contribution in [1.29, 1.82) is 0 Å². The minimum atomic E-state index is -3.33. The minimum Gasteiger partial charge on any atom is -0.465 e. The second-order valence-electron chi connectivity index (χ2n) is 9.85. The molecular weight excluding hydrogens is 506 g/mol. The fraction of sp³-hybridized carbons (Fsp3) is 0.370. The summed E-state index contributed by atoms with van der Waals surface area (Å²) in [5, 5.41) is 9.62. The molecule has 11 heteroatoms. The van der Waals surface area contributed by atoms with Crippen molar-refractivity contribution < 1.29 is 23.1 Å². The van der Waals surface area contributed by atoms with E-state index in [0.717, 1.165) is 11.1 Å². The molecular formula is C27H31N5O5S.